The molecule has 0 N–H and O–H groups in total. The van der Waals surface area contributed by atoms with Crippen LogP contribution in [0.1, 0.15) is 21.6 Å². The van der Waals surface area contributed by atoms with Crippen LogP contribution in [0.3, 0.4) is 0 Å². The second-order valence-corrected chi connectivity index (χ2v) is 9.24. The molecule has 0 nitrogen and oxygen atoms in total. The van der Waals surface area contributed by atoms with Gasteiger partial charge in [-0.25, -0.2) is 0 Å². The smallest absolute Gasteiger partial charge is 0.0470 e. The summed E-state index contributed by atoms with van der Waals surface area (Å²) < 4.78 is 0. The van der Waals surface area contributed by atoms with Gasteiger partial charge in [-0.3, -0.25) is 0 Å². The molecule has 1 aliphatic carbocycles. The highest BCUT2D eigenvalue weighted by atomic mass is 32.2. The first-order valence-corrected chi connectivity index (χ1v) is 10.7. The third-order valence-corrected chi connectivity index (χ3v) is 7.82. The molecule has 0 bridgehead atoms. The minimum atomic E-state index is 0.646. The summed E-state index contributed by atoms with van der Waals surface area (Å²) in [4.78, 5) is 2.71. The molecule has 0 aromatic heterocycles. The Morgan fingerprint density at radius 1 is 0.615 bits per heavy atom. The van der Waals surface area contributed by atoms with Gasteiger partial charge in [-0.2, -0.15) is 0 Å². The molecule has 0 amide bonds. The Morgan fingerprint density at radius 2 is 1.31 bits per heavy atom. The minimum absolute atomic E-state index is 0.646. The van der Waals surface area contributed by atoms with Crippen LogP contribution in [0.2, 0.25) is 0 Å². The van der Waals surface area contributed by atoms with Gasteiger partial charge >= 0.3 is 0 Å². The second kappa shape index (κ2) is 5.67. The molecule has 0 saturated carbocycles. The van der Waals surface area contributed by atoms with Gasteiger partial charge in [-0.15, -0.1) is 11.8 Å². The number of thioether (sulfide) groups is 1. The van der Waals surface area contributed by atoms with E-state index in [0.717, 1.165) is 0 Å². The van der Waals surface area contributed by atoms with Crippen molar-refractivity contribution in [1.82, 2.24) is 0 Å². The van der Waals surface area contributed by atoms with Gasteiger partial charge in [-0.1, -0.05) is 84.6 Å². The van der Waals surface area contributed by atoms with Crippen molar-refractivity contribution in [2.24, 2.45) is 0 Å². The third-order valence-electron chi connectivity index (χ3n) is 5.36. The van der Waals surface area contributed by atoms with Crippen molar-refractivity contribution in [2.45, 2.75) is 20.3 Å². The average molecular weight is 369 g/mol. The lowest BCUT2D eigenvalue weighted by atomic mass is 9.86. The molecule has 4 aromatic carbocycles. The van der Waals surface area contributed by atoms with Crippen LogP contribution in [0, 0.1) is 0 Å². The molecule has 124 valence electrons. The normalized spacial score (nSPS) is 19.5. The van der Waals surface area contributed by atoms with Gasteiger partial charge in [0, 0.05) is 25.9 Å². The first-order valence-electron chi connectivity index (χ1n) is 8.93. The molecule has 4 aromatic rings. The van der Waals surface area contributed by atoms with Crippen molar-refractivity contribution in [3.63, 3.8) is 0 Å². The summed E-state index contributed by atoms with van der Waals surface area (Å²) in [6, 6.07) is 31.1. The van der Waals surface area contributed by atoms with Gasteiger partial charge in [0.05, 0.1) is 0 Å². The molecule has 26 heavy (non-hydrogen) atoms. The summed E-state index contributed by atoms with van der Waals surface area (Å²) in [6.45, 7) is 0. The summed E-state index contributed by atoms with van der Waals surface area (Å²) in [5.74, 6) is 0. The Hall–Kier alpha value is -2.16. The summed E-state index contributed by atoms with van der Waals surface area (Å²) >= 11 is 4.00. The van der Waals surface area contributed by atoms with E-state index in [4.69, 9.17) is 0 Å². The zero-order valence-corrected chi connectivity index (χ0v) is 15.7. The molecule has 0 radical (unpaired) electrons. The van der Waals surface area contributed by atoms with Crippen LogP contribution in [-0.2, 0) is 0 Å². The van der Waals surface area contributed by atoms with Crippen LogP contribution in [0.25, 0.3) is 21.9 Å². The maximum Gasteiger partial charge on any atom is 0.0470 e. The van der Waals surface area contributed by atoms with E-state index in [1.165, 1.54) is 42.8 Å². The van der Waals surface area contributed by atoms with Crippen molar-refractivity contribution in [3.05, 3.63) is 96.1 Å². The van der Waals surface area contributed by atoms with Crippen LogP contribution in [0.15, 0.2) is 94.7 Å². The number of benzene rings is 4. The fourth-order valence-electron chi connectivity index (χ4n) is 4.12. The fourth-order valence-corrected chi connectivity index (χ4v) is 6.49. The molecule has 1 fully saturated rings. The third kappa shape index (κ3) is 2.19. The molecule has 0 spiro atoms. The van der Waals surface area contributed by atoms with Crippen LogP contribution < -0.4 is 0 Å². The summed E-state index contributed by atoms with van der Waals surface area (Å²) in [5, 5.41) is 3.95. The van der Waals surface area contributed by atoms with E-state index < -0.39 is 0 Å². The van der Waals surface area contributed by atoms with E-state index in [1.807, 2.05) is 11.8 Å². The quantitative estimate of drug-likeness (QED) is 0.336. The standard InChI is InChI=1S/C24H16S2/c1-2-9-16-15(7-1)8-5-13-20(16)25-21-14-6-12-19-22(21)17-10-3-4-11-18(17)23-24(19)26-23/h1-14,23-24H. The summed E-state index contributed by atoms with van der Waals surface area (Å²) in [7, 11) is 0. The molecular weight excluding hydrogens is 352 g/mol. The van der Waals surface area contributed by atoms with Gasteiger partial charge < -0.3 is 0 Å². The van der Waals surface area contributed by atoms with Gasteiger partial charge in [0.15, 0.2) is 0 Å². The number of fused-ring (bicyclic) bond motifs is 7. The average Bonchev–Trinajstić information content (AvgIpc) is 3.50. The summed E-state index contributed by atoms with van der Waals surface area (Å²) in [5.41, 5.74) is 5.91. The number of hydrogen-bond donors (Lipinski definition) is 0. The van der Waals surface area contributed by atoms with Gasteiger partial charge in [-0.05, 0) is 39.6 Å². The van der Waals surface area contributed by atoms with E-state index in [9.17, 15) is 0 Å². The van der Waals surface area contributed by atoms with E-state index >= 15 is 0 Å². The van der Waals surface area contributed by atoms with Crippen LogP contribution >= 0.6 is 23.5 Å². The predicted octanol–water partition coefficient (Wildman–Crippen LogP) is 7.50. The second-order valence-electron chi connectivity index (χ2n) is 6.86. The van der Waals surface area contributed by atoms with E-state index in [1.54, 1.807) is 0 Å². The maximum absolute atomic E-state index is 2.33. The Morgan fingerprint density at radius 3 is 2.31 bits per heavy atom. The van der Waals surface area contributed by atoms with Gasteiger partial charge in [0.25, 0.3) is 0 Å². The highest BCUT2D eigenvalue weighted by Crippen LogP contribution is 2.71. The first kappa shape index (κ1) is 15.0. The molecule has 2 atom stereocenters. The molecule has 1 heterocycles. The SMILES string of the molecule is c1ccc2c(c1)-c1c(Sc3cccc4ccccc34)cccc1C1SC21. The molecule has 2 aliphatic rings. The van der Waals surface area contributed by atoms with Gasteiger partial charge in [0.2, 0.25) is 0 Å². The van der Waals surface area contributed by atoms with Gasteiger partial charge in [0.1, 0.15) is 0 Å². The Labute approximate surface area is 161 Å². The highest BCUT2D eigenvalue weighted by molar-refractivity contribution is 8.06. The fraction of sp³-hybridized carbons (Fsp3) is 0.0833. The molecular formula is C24H16S2. The lowest BCUT2D eigenvalue weighted by molar-refractivity contribution is 0.995. The molecule has 1 aliphatic heterocycles. The van der Waals surface area contributed by atoms with Crippen molar-refractivity contribution in [2.75, 3.05) is 0 Å². The number of rotatable bonds is 2. The lowest BCUT2D eigenvalue weighted by Crippen LogP contribution is -2.00. The lowest BCUT2D eigenvalue weighted by Gasteiger charge is -2.21. The first-order chi connectivity index (χ1) is 12.9. The Balaban J connectivity index is 1.55. The highest BCUT2D eigenvalue weighted by Gasteiger charge is 2.47. The van der Waals surface area contributed by atoms with Crippen LogP contribution in [-0.4, -0.2) is 0 Å². The Bertz CT molecular complexity index is 1160. The maximum atomic E-state index is 2.33. The van der Waals surface area contributed by atoms with Crippen molar-refractivity contribution in [3.8, 4) is 11.1 Å². The zero-order valence-electron chi connectivity index (χ0n) is 14.1. The minimum Gasteiger partial charge on any atom is -0.142 e. The largest absolute Gasteiger partial charge is 0.142 e. The topological polar surface area (TPSA) is 0 Å². The zero-order chi connectivity index (χ0) is 17.1. The summed E-state index contributed by atoms with van der Waals surface area (Å²) in [6.07, 6.45) is 0. The molecule has 2 unspecified atom stereocenters. The van der Waals surface area contributed by atoms with Crippen molar-refractivity contribution in [1.29, 1.82) is 0 Å². The van der Waals surface area contributed by atoms with Crippen LogP contribution in [0.5, 0.6) is 0 Å². The number of hydrogen-bond acceptors (Lipinski definition) is 2. The molecule has 6 rings (SSSR count). The van der Waals surface area contributed by atoms with Crippen molar-refractivity contribution >= 4 is 34.3 Å². The van der Waals surface area contributed by atoms with E-state index in [2.05, 4.69) is 96.7 Å². The van der Waals surface area contributed by atoms with Crippen molar-refractivity contribution < 1.29 is 0 Å². The molecule has 1 saturated heterocycles. The van der Waals surface area contributed by atoms with E-state index in [0.29, 0.717) is 10.5 Å². The Kier molecular flexibility index (Phi) is 3.26. The predicted molar refractivity (Wildman–Crippen MR) is 113 cm³/mol. The van der Waals surface area contributed by atoms with E-state index in [-0.39, 0.29) is 0 Å². The van der Waals surface area contributed by atoms with Crippen LogP contribution in [0.4, 0.5) is 0 Å². The molecule has 2 heteroatoms. The monoisotopic (exact) mass is 368 g/mol.